The summed E-state index contributed by atoms with van der Waals surface area (Å²) in [6, 6.07) is 15.1. The highest BCUT2D eigenvalue weighted by atomic mass is 16.5. The van der Waals surface area contributed by atoms with Gasteiger partial charge < -0.3 is 25.4 Å². The van der Waals surface area contributed by atoms with Crippen LogP contribution in [0, 0.1) is 0 Å². The van der Waals surface area contributed by atoms with Gasteiger partial charge in [-0.25, -0.2) is 9.59 Å². The molecular formula is C25H27N3O6. The van der Waals surface area contributed by atoms with Gasteiger partial charge in [0.05, 0.1) is 6.54 Å². The van der Waals surface area contributed by atoms with E-state index in [2.05, 4.69) is 10.6 Å². The van der Waals surface area contributed by atoms with Gasteiger partial charge in [-0.3, -0.25) is 9.59 Å². The Labute approximate surface area is 197 Å². The third-order valence-electron chi connectivity index (χ3n) is 6.28. The summed E-state index contributed by atoms with van der Waals surface area (Å²) in [4.78, 5) is 49.2. The Morgan fingerprint density at radius 2 is 1.56 bits per heavy atom. The summed E-state index contributed by atoms with van der Waals surface area (Å²) >= 11 is 0. The van der Waals surface area contributed by atoms with Gasteiger partial charge in [-0.1, -0.05) is 48.5 Å². The number of benzene rings is 2. The van der Waals surface area contributed by atoms with Crippen LogP contribution in [0.1, 0.15) is 36.3 Å². The first-order chi connectivity index (χ1) is 16.5. The van der Waals surface area contributed by atoms with Crippen LogP contribution in [0.2, 0.25) is 0 Å². The summed E-state index contributed by atoms with van der Waals surface area (Å²) < 4.78 is 5.38. The topological polar surface area (TPSA) is 125 Å². The van der Waals surface area contributed by atoms with E-state index in [4.69, 9.17) is 4.74 Å². The fourth-order valence-corrected chi connectivity index (χ4v) is 4.63. The lowest BCUT2D eigenvalue weighted by Crippen LogP contribution is -2.51. The number of rotatable bonds is 7. The van der Waals surface area contributed by atoms with Gasteiger partial charge in [0.2, 0.25) is 11.8 Å². The maximum atomic E-state index is 12.3. The van der Waals surface area contributed by atoms with E-state index in [0.29, 0.717) is 13.0 Å². The molecule has 1 atom stereocenters. The van der Waals surface area contributed by atoms with Crippen LogP contribution in [0.5, 0.6) is 0 Å². The van der Waals surface area contributed by atoms with Gasteiger partial charge >= 0.3 is 12.1 Å². The molecule has 9 nitrogen and oxygen atoms in total. The third-order valence-corrected chi connectivity index (χ3v) is 6.28. The van der Waals surface area contributed by atoms with Crippen molar-refractivity contribution in [3.63, 3.8) is 0 Å². The van der Waals surface area contributed by atoms with E-state index in [1.807, 2.05) is 48.5 Å². The standard InChI is InChI=1S/C25H27N3O6/c29-22(26-14-23(30)28-12-6-5-11-21(28)24(31)32)13-27-25(33)34-15-20-18-9-3-1-7-16(18)17-8-2-4-10-19(17)20/h1-4,7-10,20-21H,5-6,11-15H2,(H,26,29)(H,27,33)(H,31,32)/t21-/m1/s1. The lowest BCUT2D eigenvalue weighted by atomic mass is 9.98. The van der Waals surface area contributed by atoms with Crippen molar-refractivity contribution < 1.29 is 29.0 Å². The Balaban J connectivity index is 1.23. The highest BCUT2D eigenvalue weighted by molar-refractivity contribution is 5.89. The van der Waals surface area contributed by atoms with E-state index in [1.54, 1.807) is 0 Å². The second kappa shape index (κ2) is 10.4. The molecule has 0 unspecified atom stereocenters. The molecule has 178 valence electrons. The van der Waals surface area contributed by atoms with Crippen molar-refractivity contribution in [1.82, 2.24) is 15.5 Å². The number of carboxylic acid groups (broad SMARTS) is 1. The van der Waals surface area contributed by atoms with E-state index in [9.17, 15) is 24.3 Å². The minimum absolute atomic E-state index is 0.0867. The molecule has 1 fully saturated rings. The first-order valence-electron chi connectivity index (χ1n) is 11.3. The number of likely N-dealkylation sites (tertiary alicyclic amines) is 1. The fourth-order valence-electron chi connectivity index (χ4n) is 4.63. The molecule has 0 spiro atoms. The SMILES string of the molecule is O=C(CNC(=O)OCC1c2ccccc2-c2ccccc21)NCC(=O)N1CCCC[C@@H]1C(=O)O. The number of piperidine rings is 1. The van der Waals surface area contributed by atoms with Crippen LogP contribution in [0.4, 0.5) is 4.79 Å². The first-order valence-corrected chi connectivity index (χ1v) is 11.3. The number of hydrogen-bond acceptors (Lipinski definition) is 5. The number of amides is 3. The smallest absolute Gasteiger partial charge is 0.407 e. The zero-order chi connectivity index (χ0) is 24.1. The molecule has 3 N–H and O–H groups in total. The van der Waals surface area contributed by atoms with E-state index >= 15 is 0 Å². The molecule has 1 saturated heterocycles. The van der Waals surface area contributed by atoms with Gasteiger partial charge in [0.25, 0.3) is 0 Å². The highest BCUT2D eigenvalue weighted by Gasteiger charge is 2.32. The second-order valence-electron chi connectivity index (χ2n) is 8.39. The first kappa shape index (κ1) is 23.3. The van der Waals surface area contributed by atoms with Crippen molar-refractivity contribution in [3.05, 3.63) is 59.7 Å². The Bertz CT molecular complexity index is 1060. The summed E-state index contributed by atoms with van der Waals surface area (Å²) in [5.41, 5.74) is 4.42. The fraction of sp³-hybridized carbons (Fsp3) is 0.360. The number of nitrogens with one attached hydrogen (secondary N) is 2. The maximum absolute atomic E-state index is 12.3. The van der Waals surface area contributed by atoms with E-state index < -0.39 is 29.9 Å². The molecule has 0 radical (unpaired) electrons. The summed E-state index contributed by atoms with van der Waals surface area (Å²) in [7, 11) is 0. The van der Waals surface area contributed by atoms with E-state index in [0.717, 1.165) is 35.1 Å². The summed E-state index contributed by atoms with van der Waals surface area (Å²) in [5.74, 6) is -2.15. The molecule has 0 aromatic heterocycles. The summed E-state index contributed by atoms with van der Waals surface area (Å²) in [6.45, 7) is -0.198. The molecule has 2 aliphatic rings. The molecule has 0 bridgehead atoms. The Morgan fingerprint density at radius 1 is 0.912 bits per heavy atom. The predicted octanol–water partition coefficient (Wildman–Crippen LogP) is 2.11. The predicted molar refractivity (Wildman–Crippen MR) is 123 cm³/mol. The van der Waals surface area contributed by atoms with Crippen LogP contribution in [0.15, 0.2) is 48.5 Å². The Morgan fingerprint density at radius 3 is 2.21 bits per heavy atom. The van der Waals surface area contributed by atoms with E-state index in [-0.39, 0.29) is 25.6 Å². The van der Waals surface area contributed by atoms with Gasteiger partial charge in [-0.15, -0.1) is 0 Å². The molecule has 2 aromatic rings. The van der Waals surface area contributed by atoms with Crippen LogP contribution in [0.25, 0.3) is 11.1 Å². The van der Waals surface area contributed by atoms with Crippen LogP contribution in [-0.2, 0) is 19.1 Å². The van der Waals surface area contributed by atoms with Gasteiger partial charge in [-0.05, 0) is 41.5 Å². The lowest BCUT2D eigenvalue weighted by molar-refractivity contribution is -0.151. The molecular weight excluding hydrogens is 438 g/mol. The van der Waals surface area contributed by atoms with Crippen molar-refractivity contribution in [2.75, 3.05) is 26.2 Å². The second-order valence-corrected chi connectivity index (χ2v) is 8.39. The molecule has 34 heavy (non-hydrogen) atoms. The Kier molecular flexibility index (Phi) is 7.10. The largest absolute Gasteiger partial charge is 0.480 e. The number of carbonyl (C=O) groups is 4. The molecule has 3 amide bonds. The number of ether oxygens (including phenoxy) is 1. The minimum atomic E-state index is -1.05. The number of fused-ring (bicyclic) bond motifs is 3. The zero-order valence-corrected chi connectivity index (χ0v) is 18.7. The monoisotopic (exact) mass is 465 g/mol. The van der Waals surface area contributed by atoms with E-state index in [1.165, 1.54) is 4.90 Å². The number of carbonyl (C=O) groups excluding carboxylic acids is 3. The average molecular weight is 466 g/mol. The van der Waals surface area contributed by atoms with Crippen LogP contribution in [-0.4, -0.2) is 66.2 Å². The highest BCUT2D eigenvalue weighted by Crippen LogP contribution is 2.44. The molecule has 1 heterocycles. The molecule has 1 aliphatic heterocycles. The molecule has 4 rings (SSSR count). The molecule has 2 aromatic carbocycles. The lowest BCUT2D eigenvalue weighted by Gasteiger charge is -2.33. The van der Waals surface area contributed by atoms with Crippen molar-refractivity contribution in [1.29, 1.82) is 0 Å². The molecule has 9 heteroatoms. The average Bonchev–Trinajstić information content (AvgIpc) is 3.18. The summed E-state index contributed by atoms with van der Waals surface area (Å²) in [5, 5.41) is 14.1. The third kappa shape index (κ3) is 5.03. The number of alkyl carbamates (subject to hydrolysis) is 1. The Hall–Kier alpha value is -3.88. The number of nitrogens with zero attached hydrogens (tertiary/aromatic N) is 1. The van der Waals surface area contributed by atoms with Crippen molar-refractivity contribution >= 4 is 23.9 Å². The van der Waals surface area contributed by atoms with Crippen LogP contribution >= 0.6 is 0 Å². The minimum Gasteiger partial charge on any atom is -0.480 e. The van der Waals surface area contributed by atoms with Crippen LogP contribution < -0.4 is 10.6 Å². The van der Waals surface area contributed by atoms with Gasteiger partial charge in [0.15, 0.2) is 0 Å². The zero-order valence-electron chi connectivity index (χ0n) is 18.7. The van der Waals surface area contributed by atoms with Gasteiger partial charge in [0.1, 0.15) is 19.2 Å². The summed E-state index contributed by atoms with van der Waals surface area (Å²) in [6.07, 6.45) is 1.15. The van der Waals surface area contributed by atoms with Crippen LogP contribution in [0.3, 0.4) is 0 Å². The van der Waals surface area contributed by atoms with Crippen molar-refractivity contribution in [2.45, 2.75) is 31.2 Å². The maximum Gasteiger partial charge on any atom is 0.407 e. The number of aliphatic carboxylic acids is 1. The van der Waals surface area contributed by atoms with Gasteiger partial charge in [-0.2, -0.15) is 0 Å². The van der Waals surface area contributed by atoms with Gasteiger partial charge in [0, 0.05) is 12.5 Å². The number of hydrogen-bond donors (Lipinski definition) is 3. The number of carboxylic acids is 1. The molecule has 1 aliphatic carbocycles. The molecule has 0 saturated carbocycles. The normalized spacial score (nSPS) is 16.8. The quantitative estimate of drug-likeness (QED) is 0.575. The van der Waals surface area contributed by atoms with Crippen molar-refractivity contribution in [2.24, 2.45) is 0 Å². The van der Waals surface area contributed by atoms with Crippen molar-refractivity contribution in [3.8, 4) is 11.1 Å².